The molecule has 39 heavy (non-hydrogen) atoms. The molecule has 3 aliphatic carbocycles. The highest BCUT2D eigenvalue weighted by molar-refractivity contribution is 5.32. The van der Waals surface area contributed by atoms with Gasteiger partial charge in [-0.05, 0) is 94.3 Å². The number of halogens is 7. The van der Waals surface area contributed by atoms with Crippen molar-refractivity contribution in [3.63, 3.8) is 0 Å². The van der Waals surface area contributed by atoms with Crippen LogP contribution in [0.15, 0.2) is 23.8 Å². The van der Waals surface area contributed by atoms with E-state index >= 15 is 0 Å². The van der Waals surface area contributed by atoms with Crippen LogP contribution in [-0.2, 0) is 6.18 Å². The summed E-state index contributed by atoms with van der Waals surface area (Å²) in [5.41, 5.74) is -0.475. The van der Waals surface area contributed by atoms with E-state index in [1.165, 1.54) is 57.8 Å². The fraction of sp³-hybridized carbons (Fsp3) is 0.742. The summed E-state index contributed by atoms with van der Waals surface area (Å²) in [6.45, 7) is 2.24. The molecule has 0 N–H and O–H groups in total. The van der Waals surface area contributed by atoms with Gasteiger partial charge in [-0.2, -0.15) is 22.0 Å². The van der Waals surface area contributed by atoms with E-state index in [0.29, 0.717) is 30.6 Å². The van der Waals surface area contributed by atoms with Gasteiger partial charge in [-0.3, -0.25) is 0 Å². The second-order valence-electron chi connectivity index (χ2n) is 12.1. The van der Waals surface area contributed by atoms with Crippen molar-refractivity contribution in [2.75, 3.05) is 0 Å². The van der Waals surface area contributed by atoms with Gasteiger partial charge in [-0.15, -0.1) is 0 Å². The third kappa shape index (κ3) is 7.72. The molecule has 0 saturated heterocycles. The van der Waals surface area contributed by atoms with Crippen LogP contribution >= 0.6 is 0 Å². The van der Waals surface area contributed by atoms with E-state index < -0.39 is 41.2 Å². The lowest BCUT2D eigenvalue weighted by molar-refractivity contribution is -0.224. The zero-order valence-corrected chi connectivity index (χ0v) is 22.8. The van der Waals surface area contributed by atoms with E-state index in [1.807, 2.05) is 0 Å². The Hall–Kier alpha value is -1.73. The molecule has 1 atom stereocenters. The first-order valence-corrected chi connectivity index (χ1v) is 14.8. The maximum atomic E-state index is 14.8. The summed E-state index contributed by atoms with van der Waals surface area (Å²) in [7, 11) is 0. The normalized spacial score (nSPS) is 28.7. The van der Waals surface area contributed by atoms with E-state index in [9.17, 15) is 30.7 Å². The van der Waals surface area contributed by atoms with Crippen LogP contribution in [0.1, 0.15) is 109 Å². The Morgan fingerprint density at radius 1 is 0.795 bits per heavy atom. The van der Waals surface area contributed by atoms with Crippen molar-refractivity contribution in [3.05, 3.63) is 41.0 Å². The fourth-order valence-electron chi connectivity index (χ4n) is 7.23. The summed E-state index contributed by atoms with van der Waals surface area (Å²) in [5, 5.41) is 0. The van der Waals surface area contributed by atoms with Gasteiger partial charge in [0.2, 0.25) is 0 Å². The number of ether oxygens (including phenoxy) is 1. The van der Waals surface area contributed by atoms with Crippen molar-refractivity contribution >= 4 is 0 Å². The topological polar surface area (TPSA) is 9.23 Å². The van der Waals surface area contributed by atoms with Crippen LogP contribution in [0.2, 0.25) is 0 Å². The van der Waals surface area contributed by atoms with Crippen molar-refractivity contribution in [2.24, 2.45) is 29.6 Å². The van der Waals surface area contributed by atoms with Crippen LogP contribution in [0, 0.1) is 41.2 Å². The van der Waals surface area contributed by atoms with Crippen molar-refractivity contribution in [1.82, 2.24) is 0 Å². The molecule has 1 unspecified atom stereocenters. The molecule has 0 aliphatic heterocycles. The van der Waals surface area contributed by atoms with Crippen molar-refractivity contribution in [1.29, 1.82) is 0 Å². The quantitative estimate of drug-likeness (QED) is 0.165. The molecule has 8 heteroatoms. The molecule has 0 heterocycles. The van der Waals surface area contributed by atoms with Crippen molar-refractivity contribution in [2.45, 2.75) is 116 Å². The van der Waals surface area contributed by atoms with E-state index in [4.69, 9.17) is 0 Å². The zero-order valence-electron chi connectivity index (χ0n) is 22.8. The molecule has 3 aliphatic rings. The zero-order chi connectivity index (χ0) is 28.2. The number of rotatable bonds is 9. The highest BCUT2D eigenvalue weighted by Gasteiger charge is 2.46. The lowest BCUT2D eigenvalue weighted by Gasteiger charge is -2.40. The molecule has 0 bridgehead atoms. The number of allylic oxidation sites excluding steroid dienone is 2. The average Bonchev–Trinajstić information content (AvgIpc) is 2.88. The van der Waals surface area contributed by atoms with Gasteiger partial charge in [0, 0.05) is 12.1 Å². The van der Waals surface area contributed by atoms with E-state index in [2.05, 4.69) is 17.7 Å². The van der Waals surface area contributed by atoms with E-state index in [-0.39, 0.29) is 25.0 Å². The van der Waals surface area contributed by atoms with Gasteiger partial charge in [0.25, 0.3) is 0 Å². The van der Waals surface area contributed by atoms with E-state index in [1.54, 1.807) is 5.57 Å². The van der Waals surface area contributed by atoms with Gasteiger partial charge in [-0.25, -0.2) is 8.78 Å². The maximum Gasteiger partial charge on any atom is 0.422 e. The maximum absolute atomic E-state index is 14.8. The standard InChI is InChI=1S/C31H41F7O/c1-2-3-4-5-20-6-8-21(9-7-20)22-10-12-23(13-11-22)24-14-16-25(17-15-24)31(37,38)39-26-18-27(32)29(28(33)19-26)30(34,35)36/h8,18-20,22-25H,2-7,9-17H2,1H3. The molecular formula is C31H41F7O. The molecule has 0 aromatic heterocycles. The van der Waals surface area contributed by atoms with Crippen molar-refractivity contribution < 1.29 is 35.5 Å². The van der Waals surface area contributed by atoms with Gasteiger partial charge in [0.1, 0.15) is 22.9 Å². The first-order valence-electron chi connectivity index (χ1n) is 14.8. The minimum atomic E-state index is -5.27. The largest absolute Gasteiger partial charge is 0.432 e. The van der Waals surface area contributed by atoms with Crippen LogP contribution in [-0.4, -0.2) is 6.11 Å². The molecule has 1 aromatic rings. The van der Waals surface area contributed by atoms with Gasteiger partial charge < -0.3 is 4.74 Å². The molecule has 0 radical (unpaired) electrons. The lowest BCUT2D eigenvalue weighted by Crippen LogP contribution is -2.38. The first-order chi connectivity index (χ1) is 18.5. The highest BCUT2D eigenvalue weighted by atomic mass is 19.4. The Labute approximate surface area is 227 Å². The molecule has 2 fully saturated rings. The fourth-order valence-corrected chi connectivity index (χ4v) is 7.23. The molecule has 1 nitrogen and oxygen atoms in total. The van der Waals surface area contributed by atoms with Crippen LogP contribution in [0.4, 0.5) is 30.7 Å². The Morgan fingerprint density at radius 2 is 1.38 bits per heavy atom. The van der Waals surface area contributed by atoms with Gasteiger partial charge in [0.05, 0.1) is 5.92 Å². The second kappa shape index (κ2) is 12.8. The second-order valence-corrected chi connectivity index (χ2v) is 12.1. The molecular weight excluding hydrogens is 521 g/mol. The molecule has 220 valence electrons. The summed E-state index contributed by atoms with van der Waals surface area (Å²) in [6.07, 6.45) is 8.80. The SMILES string of the molecule is CCCCCC1CC=C(C2CCC(C3CCC(C(F)(F)Oc4cc(F)c(C(F)(F)F)c(F)c4)CC3)CC2)CC1. The van der Waals surface area contributed by atoms with Crippen LogP contribution in [0.3, 0.4) is 0 Å². The lowest BCUT2D eigenvalue weighted by atomic mass is 9.67. The Balaban J connectivity index is 1.23. The highest BCUT2D eigenvalue weighted by Crippen LogP contribution is 2.47. The van der Waals surface area contributed by atoms with Crippen LogP contribution in [0.5, 0.6) is 5.75 Å². The molecule has 4 rings (SSSR count). The number of alkyl halides is 5. The molecule has 0 spiro atoms. The van der Waals surface area contributed by atoms with Gasteiger partial charge in [0.15, 0.2) is 0 Å². The average molecular weight is 563 g/mol. The predicted octanol–water partition coefficient (Wildman–Crippen LogP) is 10.9. The third-order valence-corrected chi connectivity index (χ3v) is 9.53. The van der Waals surface area contributed by atoms with Crippen LogP contribution in [0.25, 0.3) is 0 Å². The minimum absolute atomic E-state index is 0.179. The van der Waals surface area contributed by atoms with Crippen molar-refractivity contribution in [3.8, 4) is 5.75 Å². The molecule has 0 amide bonds. The minimum Gasteiger partial charge on any atom is -0.432 e. The Kier molecular flexibility index (Phi) is 9.96. The predicted molar refractivity (Wildman–Crippen MR) is 137 cm³/mol. The summed E-state index contributed by atoms with van der Waals surface area (Å²) in [6, 6.07) is 0.358. The number of benzene rings is 1. The monoisotopic (exact) mass is 562 g/mol. The third-order valence-electron chi connectivity index (χ3n) is 9.53. The van der Waals surface area contributed by atoms with Gasteiger partial charge >= 0.3 is 12.3 Å². The first kappa shape index (κ1) is 30.2. The Morgan fingerprint density at radius 3 is 1.90 bits per heavy atom. The summed E-state index contributed by atoms with van der Waals surface area (Å²) in [5.74, 6) is -3.61. The van der Waals surface area contributed by atoms with Gasteiger partial charge in [-0.1, -0.05) is 44.3 Å². The Bertz CT molecular complexity index is 947. The summed E-state index contributed by atoms with van der Waals surface area (Å²) < 4.78 is 100. The van der Waals surface area contributed by atoms with E-state index in [0.717, 1.165) is 18.8 Å². The van der Waals surface area contributed by atoms with Crippen LogP contribution < -0.4 is 4.74 Å². The number of hydrogen-bond donors (Lipinski definition) is 0. The summed E-state index contributed by atoms with van der Waals surface area (Å²) in [4.78, 5) is 0. The molecule has 2 saturated carbocycles. The summed E-state index contributed by atoms with van der Waals surface area (Å²) >= 11 is 0. The number of unbranched alkanes of at least 4 members (excludes halogenated alkanes) is 2. The molecule has 1 aromatic carbocycles. The smallest absolute Gasteiger partial charge is 0.422 e. The number of hydrogen-bond acceptors (Lipinski definition) is 1.